The maximum absolute atomic E-state index is 10.5. The van der Waals surface area contributed by atoms with E-state index < -0.39 is 6.10 Å². The summed E-state index contributed by atoms with van der Waals surface area (Å²) in [5.74, 6) is 1.66. The average Bonchev–Trinajstić information content (AvgIpc) is 3.30. The molecule has 7 heteroatoms. The summed E-state index contributed by atoms with van der Waals surface area (Å²) < 4.78 is 2.14. The van der Waals surface area contributed by atoms with Crippen molar-refractivity contribution in [2.24, 2.45) is 5.92 Å². The van der Waals surface area contributed by atoms with Gasteiger partial charge in [0, 0.05) is 36.9 Å². The van der Waals surface area contributed by atoms with Crippen LogP contribution in [0.3, 0.4) is 0 Å². The zero-order chi connectivity index (χ0) is 18.6. The number of rotatable bonds is 5. The summed E-state index contributed by atoms with van der Waals surface area (Å²) in [7, 11) is 0. The number of aromatic nitrogens is 4. The fraction of sp³-hybridized carbons (Fsp3) is 0.300. The first kappa shape index (κ1) is 17.2. The highest BCUT2D eigenvalue weighted by Gasteiger charge is 2.34. The minimum atomic E-state index is -0.493. The molecule has 0 spiro atoms. The highest BCUT2D eigenvalue weighted by atomic mass is 16.3. The molecule has 2 N–H and O–H groups in total. The van der Waals surface area contributed by atoms with E-state index in [1.165, 1.54) is 6.20 Å². The summed E-state index contributed by atoms with van der Waals surface area (Å²) in [6.45, 7) is 0.783. The van der Waals surface area contributed by atoms with Crippen LogP contribution < -0.4 is 5.32 Å². The molecule has 2 heterocycles. The van der Waals surface area contributed by atoms with Gasteiger partial charge in [0.2, 0.25) is 0 Å². The SMILES string of the molecule is N#Cc1nccnc1N[C@@H]1CC(Cn2ccnc2-c2ccccc2)C[C@H]1O. The second-order valence-corrected chi connectivity index (χ2v) is 6.79. The summed E-state index contributed by atoms with van der Waals surface area (Å²) in [4.78, 5) is 12.7. The van der Waals surface area contributed by atoms with Gasteiger partial charge in [0.25, 0.3) is 0 Å². The molecule has 0 bridgehead atoms. The molecule has 27 heavy (non-hydrogen) atoms. The molecule has 7 nitrogen and oxygen atoms in total. The Bertz CT molecular complexity index is 948. The lowest BCUT2D eigenvalue weighted by atomic mass is 10.1. The van der Waals surface area contributed by atoms with Crippen LogP contribution in [0.25, 0.3) is 11.4 Å². The Balaban J connectivity index is 1.46. The van der Waals surface area contributed by atoms with Crippen LogP contribution in [0.1, 0.15) is 18.5 Å². The number of nitrogens with zero attached hydrogens (tertiary/aromatic N) is 5. The Hall–Kier alpha value is -3.24. The molecule has 0 saturated heterocycles. The van der Waals surface area contributed by atoms with E-state index in [0.29, 0.717) is 18.2 Å². The minimum Gasteiger partial charge on any atom is -0.391 e. The molecule has 3 atom stereocenters. The molecular formula is C20H20N6O. The zero-order valence-electron chi connectivity index (χ0n) is 14.7. The standard InChI is InChI=1S/C20H20N6O/c21-12-17-19(23-7-6-22-17)25-16-10-14(11-18(16)27)13-26-9-8-24-20(26)15-4-2-1-3-5-15/h1-9,14,16,18,27H,10-11,13H2,(H,23,25)/t14?,16-,18-/m1/s1. The van der Waals surface area contributed by atoms with E-state index in [1.807, 2.05) is 48.8 Å². The summed E-state index contributed by atoms with van der Waals surface area (Å²) >= 11 is 0. The Morgan fingerprint density at radius 1 is 1.11 bits per heavy atom. The number of hydrogen-bond donors (Lipinski definition) is 2. The first-order valence-electron chi connectivity index (χ1n) is 8.97. The number of anilines is 1. The second-order valence-electron chi connectivity index (χ2n) is 6.79. The molecule has 0 amide bonds. The third-order valence-electron chi connectivity index (χ3n) is 4.96. The maximum Gasteiger partial charge on any atom is 0.182 e. The molecule has 1 aliphatic carbocycles. The average molecular weight is 360 g/mol. The van der Waals surface area contributed by atoms with Crippen molar-refractivity contribution >= 4 is 5.82 Å². The van der Waals surface area contributed by atoms with Crippen molar-refractivity contribution in [3.05, 3.63) is 60.8 Å². The van der Waals surface area contributed by atoms with Crippen molar-refractivity contribution in [2.75, 3.05) is 5.32 Å². The molecule has 1 aliphatic rings. The van der Waals surface area contributed by atoms with Crippen molar-refractivity contribution in [3.63, 3.8) is 0 Å². The van der Waals surface area contributed by atoms with Gasteiger partial charge in [0.05, 0.1) is 12.1 Å². The van der Waals surface area contributed by atoms with Crippen LogP contribution in [0, 0.1) is 17.2 Å². The zero-order valence-corrected chi connectivity index (χ0v) is 14.7. The van der Waals surface area contributed by atoms with E-state index in [-0.39, 0.29) is 11.7 Å². The quantitative estimate of drug-likeness (QED) is 0.725. The van der Waals surface area contributed by atoms with Crippen LogP contribution >= 0.6 is 0 Å². The lowest BCUT2D eigenvalue weighted by Gasteiger charge is -2.17. The van der Waals surface area contributed by atoms with Crippen molar-refractivity contribution < 1.29 is 5.11 Å². The third-order valence-corrected chi connectivity index (χ3v) is 4.96. The van der Waals surface area contributed by atoms with Crippen LogP contribution in [0.5, 0.6) is 0 Å². The second kappa shape index (κ2) is 7.56. The first-order chi connectivity index (χ1) is 13.2. The first-order valence-corrected chi connectivity index (χ1v) is 8.97. The number of nitrogens with one attached hydrogen (secondary N) is 1. The Kier molecular flexibility index (Phi) is 4.81. The molecule has 2 aromatic heterocycles. The summed E-state index contributed by atoms with van der Waals surface area (Å²) in [5, 5.41) is 22.8. The topological polar surface area (TPSA) is 99.7 Å². The van der Waals surface area contributed by atoms with Crippen molar-refractivity contribution in [1.29, 1.82) is 5.26 Å². The van der Waals surface area contributed by atoms with Gasteiger partial charge in [0.1, 0.15) is 11.9 Å². The van der Waals surface area contributed by atoms with Crippen LogP contribution in [-0.2, 0) is 6.54 Å². The lowest BCUT2D eigenvalue weighted by molar-refractivity contribution is 0.166. The van der Waals surface area contributed by atoms with Gasteiger partial charge >= 0.3 is 0 Å². The number of hydrogen-bond acceptors (Lipinski definition) is 6. The van der Waals surface area contributed by atoms with E-state index in [0.717, 1.165) is 24.4 Å². The number of aliphatic hydroxyl groups excluding tert-OH is 1. The van der Waals surface area contributed by atoms with Gasteiger partial charge in [0.15, 0.2) is 11.5 Å². The molecule has 1 saturated carbocycles. The van der Waals surface area contributed by atoms with Crippen LogP contribution in [-0.4, -0.2) is 36.8 Å². The maximum atomic E-state index is 10.5. The number of nitriles is 1. The summed E-state index contributed by atoms with van der Waals surface area (Å²) in [6.07, 6.45) is 7.80. The number of benzene rings is 1. The fourth-order valence-corrected chi connectivity index (χ4v) is 3.71. The fourth-order valence-electron chi connectivity index (χ4n) is 3.71. The number of aliphatic hydroxyl groups is 1. The van der Waals surface area contributed by atoms with E-state index >= 15 is 0 Å². The van der Waals surface area contributed by atoms with Gasteiger partial charge in [-0.05, 0) is 18.8 Å². The molecule has 1 fully saturated rings. The number of imidazole rings is 1. The Labute approximate surface area is 157 Å². The van der Waals surface area contributed by atoms with Gasteiger partial charge in [-0.3, -0.25) is 0 Å². The lowest BCUT2D eigenvalue weighted by Crippen LogP contribution is -2.28. The predicted molar refractivity (Wildman–Crippen MR) is 101 cm³/mol. The molecule has 1 unspecified atom stereocenters. The normalized spacial score (nSPS) is 21.7. The molecule has 4 rings (SSSR count). The molecule has 136 valence electrons. The molecule has 3 aromatic rings. The Morgan fingerprint density at radius 3 is 2.74 bits per heavy atom. The molecule has 0 aliphatic heterocycles. The highest BCUT2D eigenvalue weighted by molar-refractivity contribution is 5.55. The third kappa shape index (κ3) is 3.66. The van der Waals surface area contributed by atoms with Crippen molar-refractivity contribution in [1.82, 2.24) is 19.5 Å². The van der Waals surface area contributed by atoms with E-state index in [1.54, 1.807) is 6.20 Å². The van der Waals surface area contributed by atoms with E-state index in [9.17, 15) is 5.11 Å². The molecular weight excluding hydrogens is 340 g/mol. The molecule has 0 radical (unpaired) electrons. The van der Waals surface area contributed by atoms with Gasteiger partial charge in [-0.2, -0.15) is 5.26 Å². The monoisotopic (exact) mass is 360 g/mol. The van der Waals surface area contributed by atoms with Crippen molar-refractivity contribution in [3.8, 4) is 17.5 Å². The largest absolute Gasteiger partial charge is 0.391 e. The highest BCUT2D eigenvalue weighted by Crippen LogP contribution is 2.31. The predicted octanol–water partition coefficient (Wildman–Crippen LogP) is 2.46. The minimum absolute atomic E-state index is 0.150. The van der Waals surface area contributed by atoms with E-state index in [4.69, 9.17) is 5.26 Å². The van der Waals surface area contributed by atoms with Gasteiger partial charge in [-0.15, -0.1) is 0 Å². The Morgan fingerprint density at radius 2 is 1.93 bits per heavy atom. The van der Waals surface area contributed by atoms with E-state index in [2.05, 4.69) is 24.8 Å². The van der Waals surface area contributed by atoms with Crippen molar-refractivity contribution in [2.45, 2.75) is 31.5 Å². The molecule has 1 aromatic carbocycles. The summed E-state index contributed by atoms with van der Waals surface area (Å²) in [5.41, 5.74) is 1.32. The van der Waals surface area contributed by atoms with Crippen LogP contribution in [0.15, 0.2) is 55.1 Å². The van der Waals surface area contributed by atoms with Crippen LogP contribution in [0.2, 0.25) is 0 Å². The van der Waals surface area contributed by atoms with Gasteiger partial charge in [-0.1, -0.05) is 30.3 Å². The smallest absolute Gasteiger partial charge is 0.182 e. The van der Waals surface area contributed by atoms with Gasteiger partial charge in [-0.25, -0.2) is 15.0 Å². The van der Waals surface area contributed by atoms with Gasteiger partial charge < -0.3 is 15.0 Å². The van der Waals surface area contributed by atoms with Crippen LogP contribution in [0.4, 0.5) is 5.82 Å². The summed E-state index contributed by atoms with van der Waals surface area (Å²) in [6, 6.07) is 12.0.